The number of aliphatic hydroxyl groups is 1. The van der Waals surface area contributed by atoms with Crippen molar-refractivity contribution in [2.75, 3.05) is 11.9 Å². The molecular weight excluding hydrogens is 228 g/mol. The highest BCUT2D eigenvalue weighted by Crippen LogP contribution is 2.12. The smallest absolute Gasteiger partial charge is 0.257 e. The van der Waals surface area contributed by atoms with Gasteiger partial charge in [-0.25, -0.2) is 0 Å². The molecule has 1 atom stereocenters. The predicted octanol–water partition coefficient (Wildman–Crippen LogP) is 2.10. The number of aliphatic hydroxyl groups excluding tert-OH is 1. The summed E-state index contributed by atoms with van der Waals surface area (Å²) in [7, 11) is 0. The highest BCUT2D eigenvalue weighted by Gasteiger charge is 2.02. The van der Waals surface area contributed by atoms with Gasteiger partial charge in [-0.3, -0.25) is 4.79 Å². The molecule has 1 aromatic heterocycles. The normalized spacial score (nSPS) is 12.6. The zero-order valence-corrected chi connectivity index (χ0v) is 10.4. The van der Waals surface area contributed by atoms with E-state index < -0.39 is 0 Å². The number of H-pyrrole nitrogens is 1. The molecule has 0 radical (unpaired) electrons. The Morgan fingerprint density at radius 2 is 2.17 bits per heavy atom. The predicted molar refractivity (Wildman–Crippen MR) is 74.0 cm³/mol. The van der Waals surface area contributed by atoms with Crippen LogP contribution in [0.3, 0.4) is 0 Å². The first-order valence-electron chi connectivity index (χ1n) is 6.24. The van der Waals surface area contributed by atoms with Gasteiger partial charge in [0.05, 0.1) is 6.10 Å². The first-order chi connectivity index (χ1) is 8.70. The SMILES string of the molecule is CCC(O)CCNc1cc2ccccc2c(=O)[nH]1. The molecule has 0 aliphatic rings. The Kier molecular flexibility index (Phi) is 3.99. The monoisotopic (exact) mass is 246 g/mol. The summed E-state index contributed by atoms with van der Waals surface area (Å²) in [5, 5.41) is 14.2. The minimum Gasteiger partial charge on any atom is -0.393 e. The van der Waals surface area contributed by atoms with E-state index in [1.54, 1.807) is 6.07 Å². The van der Waals surface area contributed by atoms with Gasteiger partial charge in [-0.1, -0.05) is 25.1 Å². The van der Waals surface area contributed by atoms with E-state index in [2.05, 4.69) is 10.3 Å². The third-order valence-electron chi connectivity index (χ3n) is 3.02. The van der Waals surface area contributed by atoms with E-state index in [0.717, 1.165) is 11.8 Å². The van der Waals surface area contributed by atoms with Crippen molar-refractivity contribution in [3.8, 4) is 0 Å². The van der Waals surface area contributed by atoms with Gasteiger partial charge in [-0.2, -0.15) is 0 Å². The van der Waals surface area contributed by atoms with Gasteiger partial charge in [0.2, 0.25) is 0 Å². The van der Waals surface area contributed by atoms with E-state index >= 15 is 0 Å². The van der Waals surface area contributed by atoms with Gasteiger partial charge in [0.1, 0.15) is 5.82 Å². The molecule has 0 fully saturated rings. The zero-order valence-electron chi connectivity index (χ0n) is 10.4. The van der Waals surface area contributed by atoms with Crippen LogP contribution < -0.4 is 10.9 Å². The Balaban J connectivity index is 2.12. The Morgan fingerprint density at radius 1 is 1.39 bits per heavy atom. The molecular formula is C14H18N2O2. The number of rotatable bonds is 5. The molecule has 4 nitrogen and oxygen atoms in total. The Hall–Kier alpha value is -1.81. The average Bonchev–Trinajstić information content (AvgIpc) is 2.38. The molecule has 2 aromatic rings. The molecule has 2 rings (SSSR count). The number of aromatic nitrogens is 1. The van der Waals surface area contributed by atoms with Crippen LogP contribution in [0.4, 0.5) is 5.82 Å². The van der Waals surface area contributed by atoms with E-state index in [-0.39, 0.29) is 11.7 Å². The Morgan fingerprint density at radius 3 is 2.94 bits per heavy atom. The van der Waals surface area contributed by atoms with Crippen LogP contribution in [0.5, 0.6) is 0 Å². The van der Waals surface area contributed by atoms with Gasteiger partial charge >= 0.3 is 0 Å². The van der Waals surface area contributed by atoms with Crippen molar-refractivity contribution < 1.29 is 5.11 Å². The molecule has 0 saturated carbocycles. The van der Waals surface area contributed by atoms with E-state index in [1.165, 1.54) is 0 Å². The van der Waals surface area contributed by atoms with E-state index in [1.807, 2.05) is 31.2 Å². The second-order valence-corrected chi connectivity index (χ2v) is 4.38. The maximum atomic E-state index is 11.8. The van der Waals surface area contributed by atoms with Crippen molar-refractivity contribution in [1.82, 2.24) is 4.98 Å². The molecule has 1 heterocycles. The number of aromatic amines is 1. The third kappa shape index (κ3) is 2.90. The molecule has 3 N–H and O–H groups in total. The molecule has 0 saturated heterocycles. The first kappa shape index (κ1) is 12.6. The van der Waals surface area contributed by atoms with Crippen molar-refractivity contribution in [1.29, 1.82) is 0 Å². The molecule has 0 amide bonds. The lowest BCUT2D eigenvalue weighted by molar-refractivity contribution is 0.164. The van der Waals surface area contributed by atoms with Gasteiger partial charge in [-0.15, -0.1) is 0 Å². The lowest BCUT2D eigenvalue weighted by Crippen LogP contribution is -2.15. The van der Waals surface area contributed by atoms with E-state index in [0.29, 0.717) is 24.2 Å². The molecule has 18 heavy (non-hydrogen) atoms. The maximum absolute atomic E-state index is 11.8. The first-order valence-corrected chi connectivity index (χ1v) is 6.24. The third-order valence-corrected chi connectivity index (χ3v) is 3.02. The molecule has 0 aliphatic heterocycles. The average molecular weight is 246 g/mol. The van der Waals surface area contributed by atoms with Crippen LogP contribution in [0.1, 0.15) is 19.8 Å². The lowest BCUT2D eigenvalue weighted by atomic mass is 10.1. The quantitative estimate of drug-likeness (QED) is 0.757. The summed E-state index contributed by atoms with van der Waals surface area (Å²) in [6, 6.07) is 9.39. The molecule has 0 bridgehead atoms. The molecule has 1 aromatic carbocycles. The Bertz CT molecular complexity index is 577. The topological polar surface area (TPSA) is 65.1 Å². The minimum atomic E-state index is -0.287. The number of fused-ring (bicyclic) bond motifs is 1. The summed E-state index contributed by atoms with van der Waals surface area (Å²) in [6.45, 7) is 2.59. The van der Waals surface area contributed by atoms with E-state index in [9.17, 15) is 9.90 Å². The van der Waals surface area contributed by atoms with Crippen molar-refractivity contribution in [2.45, 2.75) is 25.9 Å². The molecule has 1 unspecified atom stereocenters. The molecule has 0 aliphatic carbocycles. The maximum Gasteiger partial charge on any atom is 0.257 e. The zero-order chi connectivity index (χ0) is 13.0. The van der Waals surface area contributed by atoms with Crippen LogP contribution in [0.15, 0.2) is 35.1 Å². The fourth-order valence-electron chi connectivity index (χ4n) is 1.88. The highest BCUT2D eigenvalue weighted by atomic mass is 16.3. The summed E-state index contributed by atoms with van der Waals surface area (Å²) in [4.78, 5) is 14.6. The summed E-state index contributed by atoms with van der Waals surface area (Å²) in [5.74, 6) is 0.696. The summed E-state index contributed by atoms with van der Waals surface area (Å²) < 4.78 is 0. The summed E-state index contributed by atoms with van der Waals surface area (Å²) in [6.07, 6.45) is 1.13. The van der Waals surface area contributed by atoms with Gasteiger partial charge in [-0.05, 0) is 30.4 Å². The molecule has 0 spiro atoms. The second-order valence-electron chi connectivity index (χ2n) is 4.38. The number of nitrogens with one attached hydrogen (secondary N) is 2. The summed E-state index contributed by atoms with van der Waals surface area (Å²) in [5.41, 5.74) is -0.0911. The summed E-state index contributed by atoms with van der Waals surface area (Å²) >= 11 is 0. The van der Waals surface area contributed by atoms with Gasteiger partial charge in [0, 0.05) is 11.9 Å². The van der Waals surface area contributed by atoms with Crippen LogP contribution in [0.25, 0.3) is 10.8 Å². The molecule has 96 valence electrons. The highest BCUT2D eigenvalue weighted by molar-refractivity contribution is 5.83. The van der Waals surface area contributed by atoms with Crippen LogP contribution in [-0.4, -0.2) is 22.7 Å². The largest absolute Gasteiger partial charge is 0.393 e. The van der Waals surface area contributed by atoms with Crippen molar-refractivity contribution in [2.24, 2.45) is 0 Å². The molecule has 4 heteroatoms. The van der Waals surface area contributed by atoms with Crippen molar-refractivity contribution >= 4 is 16.6 Å². The fourth-order valence-corrected chi connectivity index (χ4v) is 1.88. The number of anilines is 1. The number of pyridine rings is 1. The second kappa shape index (κ2) is 5.69. The fraction of sp³-hybridized carbons (Fsp3) is 0.357. The van der Waals surface area contributed by atoms with Gasteiger partial charge < -0.3 is 15.4 Å². The van der Waals surface area contributed by atoms with Gasteiger partial charge in [0.25, 0.3) is 5.56 Å². The van der Waals surface area contributed by atoms with E-state index in [4.69, 9.17) is 0 Å². The van der Waals surface area contributed by atoms with Crippen LogP contribution in [0.2, 0.25) is 0 Å². The van der Waals surface area contributed by atoms with Crippen molar-refractivity contribution in [3.05, 3.63) is 40.7 Å². The number of hydrogen-bond donors (Lipinski definition) is 3. The van der Waals surface area contributed by atoms with Crippen LogP contribution in [-0.2, 0) is 0 Å². The number of hydrogen-bond acceptors (Lipinski definition) is 3. The standard InChI is InChI=1S/C14H18N2O2/c1-2-11(17)7-8-15-13-9-10-5-3-4-6-12(10)14(18)16-13/h3-6,9,11,17H,2,7-8H2,1H3,(H2,15,16,18). The Labute approximate surface area is 106 Å². The van der Waals surface area contributed by atoms with Crippen LogP contribution >= 0.6 is 0 Å². The van der Waals surface area contributed by atoms with Crippen molar-refractivity contribution in [3.63, 3.8) is 0 Å². The minimum absolute atomic E-state index is 0.0911. The van der Waals surface area contributed by atoms with Crippen LogP contribution in [0, 0.1) is 0 Å². The lowest BCUT2D eigenvalue weighted by Gasteiger charge is -2.10. The van der Waals surface area contributed by atoms with Gasteiger partial charge in [0.15, 0.2) is 0 Å². The number of benzene rings is 1.